The van der Waals surface area contributed by atoms with Crippen molar-refractivity contribution in [3.05, 3.63) is 10.0 Å². The highest BCUT2D eigenvalue weighted by Crippen LogP contribution is 2.16. The summed E-state index contributed by atoms with van der Waals surface area (Å²) in [4.78, 5) is 6.59. The standard InChI is InChI=1S/C12H21N5S.HI/c1-3-10-15-16-11(18-10)8-14-12(13)17-6-4-9(2)5-7-17;/h9H,3-8H2,1-2H3,(H2,13,14);1H. The molecule has 0 radical (unpaired) electrons. The van der Waals surface area contributed by atoms with Gasteiger partial charge in [0.25, 0.3) is 0 Å². The van der Waals surface area contributed by atoms with Gasteiger partial charge in [0.2, 0.25) is 0 Å². The van der Waals surface area contributed by atoms with Crippen LogP contribution in [0.25, 0.3) is 0 Å². The van der Waals surface area contributed by atoms with Crippen molar-refractivity contribution in [2.75, 3.05) is 13.1 Å². The molecular formula is C12H22IN5S. The molecule has 1 saturated heterocycles. The summed E-state index contributed by atoms with van der Waals surface area (Å²) >= 11 is 1.62. The predicted octanol–water partition coefficient (Wildman–Crippen LogP) is 2.27. The zero-order chi connectivity index (χ0) is 13.0. The Balaban J connectivity index is 0.00000180. The van der Waals surface area contributed by atoms with E-state index in [1.54, 1.807) is 11.3 Å². The number of likely N-dealkylation sites (tertiary alicyclic amines) is 1. The Morgan fingerprint density at radius 2 is 2.00 bits per heavy atom. The maximum Gasteiger partial charge on any atom is 0.191 e. The second kappa shape index (κ2) is 7.98. The van der Waals surface area contributed by atoms with E-state index >= 15 is 0 Å². The van der Waals surface area contributed by atoms with Gasteiger partial charge in [-0.1, -0.05) is 25.2 Å². The lowest BCUT2D eigenvalue weighted by molar-refractivity contribution is 0.277. The zero-order valence-corrected chi connectivity index (χ0v) is 14.6. The second-order valence-electron chi connectivity index (χ2n) is 4.79. The van der Waals surface area contributed by atoms with Crippen LogP contribution in [0.2, 0.25) is 0 Å². The van der Waals surface area contributed by atoms with Gasteiger partial charge in [-0.05, 0) is 25.2 Å². The SMILES string of the molecule is CCc1nnc(CN=C(N)N2CCC(C)CC2)s1.I. The molecule has 2 N–H and O–H groups in total. The molecule has 0 amide bonds. The summed E-state index contributed by atoms with van der Waals surface area (Å²) in [5.41, 5.74) is 6.01. The molecule has 5 nitrogen and oxygen atoms in total. The summed E-state index contributed by atoms with van der Waals surface area (Å²) in [6.07, 6.45) is 3.34. The van der Waals surface area contributed by atoms with Crippen LogP contribution in [-0.4, -0.2) is 34.1 Å². The van der Waals surface area contributed by atoms with Crippen LogP contribution in [0.1, 0.15) is 36.7 Å². The fraction of sp³-hybridized carbons (Fsp3) is 0.750. The third-order valence-corrected chi connectivity index (χ3v) is 4.35. The molecule has 0 bridgehead atoms. The number of piperidine rings is 1. The maximum absolute atomic E-state index is 6.01. The molecule has 0 aliphatic carbocycles. The fourth-order valence-corrected chi connectivity index (χ4v) is 2.69. The molecule has 1 aromatic heterocycles. The van der Waals surface area contributed by atoms with E-state index < -0.39 is 0 Å². The Hall–Kier alpha value is -0.440. The Bertz CT molecular complexity index is 412. The summed E-state index contributed by atoms with van der Waals surface area (Å²) < 4.78 is 0. The van der Waals surface area contributed by atoms with Crippen molar-refractivity contribution < 1.29 is 0 Å². The molecule has 2 heterocycles. The lowest BCUT2D eigenvalue weighted by Crippen LogP contribution is -2.42. The Morgan fingerprint density at radius 3 is 2.58 bits per heavy atom. The van der Waals surface area contributed by atoms with E-state index in [1.807, 2.05) is 0 Å². The molecule has 7 heteroatoms. The van der Waals surface area contributed by atoms with E-state index in [2.05, 4.69) is 33.9 Å². The van der Waals surface area contributed by atoms with Crippen LogP contribution >= 0.6 is 35.3 Å². The number of hydrogen-bond acceptors (Lipinski definition) is 4. The minimum atomic E-state index is 0. The first-order chi connectivity index (χ1) is 8.69. The third-order valence-electron chi connectivity index (χ3n) is 3.30. The van der Waals surface area contributed by atoms with Gasteiger partial charge < -0.3 is 10.6 Å². The van der Waals surface area contributed by atoms with Gasteiger partial charge in [0.05, 0.1) is 6.54 Å². The van der Waals surface area contributed by atoms with Gasteiger partial charge in [-0.2, -0.15) is 0 Å². The van der Waals surface area contributed by atoms with Crippen LogP contribution in [0.4, 0.5) is 0 Å². The number of rotatable bonds is 3. The number of nitrogens with two attached hydrogens (primary N) is 1. The molecule has 108 valence electrons. The first-order valence-corrected chi connectivity index (χ1v) is 7.36. The van der Waals surface area contributed by atoms with Crippen LogP contribution in [0.15, 0.2) is 4.99 Å². The Labute approximate surface area is 135 Å². The van der Waals surface area contributed by atoms with Crippen molar-refractivity contribution in [2.24, 2.45) is 16.6 Å². The van der Waals surface area contributed by atoms with Gasteiger partial charge >= 0.3 is 0 Å². The van der Waals surface area contributed by atoms with Crippen LogP contribution in [-0.2, 0) is 13.0 Å². The van der Waals surface area contributed by atoms with Crippen molar-refractivity contribution in [3.8, 4) is 0 Å². The van der Waals surface area contributed by atoms with Crippen LogP contribution < -0.4 is 5.73 Å². The van der Waals surface area contributed by atoms with E-state index in [4.69, 9.17) is 5.73 Å². The number of nitrogens with zero attached hydrogens (tertiary/aromatic N) is 4. The van der Waals surface area contributed by atoms with Crippen molar-refractivity contribution >= 4 is 41.3 Å². The monoisotopic (exact) mass is 395 g/mol. The lowest BCUT2D eigenvalue weighted by atomic mass is 10.00. The first-order valence-electron chi connectivity index (χ1n) is 6.55. The fourth-order valence-electron chi connectivity index (χ4n) is 1.98. The van der Waals surface area contributed by atoms with Gasteiger partial charge in [-0.3, -0.25) is 0 Å². The number of aliphatic imine (C=N–C) groups is 1. The molecule has 1 fully saturated rings. The smallest absolute Gasteiger partial charge is 0.191 e. The molecule has 0 aromatic carbocycles. The highest BCUT2D eigenvalue weighted by Gasteiger charge is 2.16. The van der Waals surface area contributed by atoms with E-state index in [-0.39, 0.29) is 24.0 Å². The summed E-state index contributed by atoms with van der Waals surface area (Å²) in [6, 6.07) is 0. The van der Waals surface area contributed by atoms with Crippen LogP contribution in [0.3, 0.4) is 0 Å². The second-order valence-corrected chi connectivity index (χ2v) is 5.93. The van der Waals surface area contributed by atoms with Gasteiger partial charge in [-0.25, -0.2) is 4.99 Å². The molecule has 0 saturated carbocycles. The lowest BCUT2D eigenvalue weighted by Gasteiger charge is -2.30. The molecule has 2 rings (SSSR count). The van der Waals surface area contributed by atoms with Gasteiger partial charge in [0, 0.05) is 13.1 Å². The molecule has 0 unspecified atom stereocenters. The van der Waals surface area contributed by atoms with E-state index in [0.29, 0.717) is 12.5 Å². The zero-order valence-electron chi connectivity index (χ0n) is 11.5. The number of guanidine groups is 1. The van der Waals surface area contributed by atoms with Gasteiger partial charge in [0.15, 0.2) is 5.96 Å². The molecular weight excluding hydrogens is 373 g/mol. The highest BCUT2D eigenvalue weighted by atomic mass is 127. The number of hydrogen-bond donors (Lipinski definition) is 1. The molecule has 0 atom stereocenters. The van der Waals surface area contributed by atoms with Crippen molar-refractivity contribution in [2.45, 2.75) is 39.7 Å². The normalized spacial score (nSPS) is 17.4. The van der Waals surface area contributed by atoms with Gasteiger partial charge in [0.1, 0.15) is 10.0 Å². The summed E-state index contributed by atoms with van der Waals surface area (Å²) in [7, 11) is 0. The van der Waals surface area contributed by atoms with Crippen molar-refractivity contribution in [1.82, 2.24) is 15.1 Å². The van der Waals surface area contributed by atoms with E-state index in [0.717, 1.165) is 35.4 Å². The predicted molar refractivity (Wildman–Crippen MR) is 90.0 cm³/mol. The maximum atomic E-state index is 6.01. The topological polar surface area (TPSA) is 67.4 Å². The average molecular weight is 395 g/mol. The first kappa shape index (κ1) is 16.6. The quantitative estimate of drug-likeness (QED) is 0.485. The molecule has 0 spiro atoms. The van der Waals surface area contributed by atoms with Gasteiger partial charge in [-0.15, -0.1) is 34.2 Å². The van der Waals surface area contributed by atoms with Crippen LogP contribution in [0, 0.1) is 5.92 Å². The van der Waals surface area contributed by atoms with Crippen molar-refractivity contribution in [1.29, 1.82) is 0 Å². The number of aromatic nitrogens is 2. The summed E-state index contributed by atoms with van der Waals surface area (Å²) in [6.45, 7) is 6.96. The summed E-state index contributed by atoms with van der Waals surface area (Å²) in [5, 5.41) is 10.2. The summed E-state index contributed by atoms with van der Waals surface area (Å²) in [5.74, 6) is 1.46. The average Bonchev–Trinajstić information content (AvgIpc) is 2.85. The van der Waals surface area contributed by atoms with Crippen molar-refractivity contribution in [3.63, 3.8) is 0 Å². The highest BCUT2D eigenvalue weighted by molar-refractivity contribution is 14.0. The molecule has 1 aliphatic heterocycles. The van der Waals surface area contributed by atoms with Crippen LogP contribution in [0.5, 0.6) is 0 Å². The Morgan fingerprint density at radius 1 is 1.37 bits per heavy atom. The van der Waals surface area contributed by atoms with E-state index in [1.165, 1.54) is 12.8 Å². The molecule has 1 aromatic rings. The minimum Gasteiger partial charge on any atom is -0.370 e. The molecule has 19 heavy (non-hydrogen) atoms. The largest absolute Gasteiger partial charge is 0.370 e. The molecule has 1 aliphatic rings. The Kier molecular flexibility index (Phi) is 6.98. The number of aryl methyl sites for hydroxylation is 1. The van der Waals surface area contributed by atoms with E-state index in [9.17, 15) is 0 Å². The third kappa shape index (κ3) is 4.87. The number of halogens is 1. The minimum absolute atomic E-state index is 0.